The number of ether oxygens (including phenoxy) is 1. The summed E-state index contributed by atoms with van der Waals surface area (Å²) in [5, 5.41) is 2.02. The van der Waals surface area contributed by atoms with Gasteiger partial charge >= 0.3 is 0 Å². The fourth-order valence-electron chi connectivity index (χ4n) is 1.59. The molecular formula is C13H13NO2S. The van der Waals surface area contributed by atoms with E-state index in [1.54, 1.807) is 29.7 Å². The number of thiophene rings is 1. The maximum absolute atomic E-state index is 12.0. The normalized spacial score (nSPS) is 10.2. The van der Waals surface area contributed by atoms with E-state index in [9.17, 15) is 4.79 Å². The molecule has 0 aliphatic rings. The van der Waals surface area contributed by atoms with Gasteiger partial charge in [0.2, 0.25) is 5.88 Å². The Bertz CT molecular complexity index is 494. The summed E-state index contributed by atoms with van der Waals surface area (Å²) in [5.41, 5.74) is 0.562. The maximum Gasteiger partial charge on any atom is 0.224 e. The zero-order valence-corrected chi connectivity index (χ0v) is 10.4. The van der Waals surface area contributed by atoms with Crippen LogP contribution in [-0.4, -0.2) is 17.9 Å². The van der Waals surface area contributed by atoms with Gasteiger partial charge in [0.15, 0.2) is 5.78 Å². The van der Waals surface area contributed by atoms with Crippen molar-refractivity contribution >= 4 is 17.1 Å². The van der Waals surface area contributed by atoms with Crippen LogP contribution in [0.1, 0.15) is 21.7 Å². The summed E-state index contributed by atoms with van der Waals surface area (Å²) >= 11 is 1.67. The Kier molecular flexibility index (Phi) is 3.88. The Morgan fingerprint density at radius 2 is 2.29 bits per heavy atom. The first-order valence-corrected chi connectivity index (χ1v) is 6.24. The van der Waals surface area contributed by atoms with Crippen molar-refractivity contribution < 1.29 is 9.53 Å². The topological polar surface area (TPSA) is 39.2 Å². The van der Waals surface area contributed by atoms with E-state index in [-0.39, 0.29) is 5.78 Å². The molecule has 0 fully saturated rings. The van der Waals surface area contributed by atoms with Gasteiger partial charge in [-0.3, -0.25) is 4.79 Å². The van der Waals surface area contributed by atoms with Crippen LogP contribution in [0.2, 0.25) is 0 Å². The standard InChI is InChI=1S/C13H13NO2S/c1-16-13-11(5-2-8-14-13)12(15)7-6-10-4-3-9-17-10/h2-5,8-9H,6-7H2,1H3. The second-order valence-corrected chi connectivity index (χ2v) is 4.60. The summed E-state index contributed by atoms with van der Waals surface area (Å²) in [6.07, 6.45) is 2.88. The highest BCUT2D eigenvalue weighted by molar-refractivity contribution is 7.09. The monoisotopic (exact) mass is 247 g/mol. The number of aromatic nitrogens is 1. The van der Waals surface area contributed by atoms with E-state index in [2.05, 4.69) is 4.98 Å². The Morgan fingerprint density at radius 1 is 1.41 bits per heavy atom. The molecule has 0 aromatic carbocycles. The number of rotatable bonds is 5. The molecule has 0 saturated carbocycles. The summed E-state index contributed by atoms with van der Waals surface area (Å²) in [6.45, 7) is 0. The molecule has 0 aliphatic carbocycles. The van der Waals surface area contributed by atoms with Crippen molar-refractivity contribution in [1.29, 1.82) is 0 Å². The molecule has 0 amide bonds. The van der Waals surface area contributed by atoms with Crippen LogP contribution in [0.15, 0.2) is 35.8 Å². The number of carbonyl (C=O) groups is 1. The molecule has 4 heteroatoms. The fraction of sp³-hybridized carbons (Fsp3) is 0.231. The first-order chi connectivity index (χ1) is 8.31. The molecule has 0 atom stereocenters. The number of aryl methyl sites for hydroxylation is 1. The molecule has 0 bridgehead atoms. The summed E-state index contributed by atoms with van der Waals surface area (Å²) in [4.78, 5) is 17.3. The Labute approximate surface area is 104 Å². The van der Waals surface area contributed by atoms with Crippen molar-refractivity contribution in [3.05, 3.63) is 46.3 Å². The van der Waals surface area contributed by atoms with Gasteiger partial charge in [0.25, 0.3) is 0 Å². The number of carbonyl (C=O) groups excluding carboxylic acids is 1. The Morgan fingerprint density at radius 3 is 3.00 bits per heavy atom. The van der Waals surface area contributed by atoms with E-state index >= 15 is 0 Å². The van der Waals surface area contributed by atoms with Crippen molar-refractivity contribution in [3.8, 4) is 5.88 Å². The zero-order valence-electron chi connectivity index (χ0n) is 9.55. The molecule has 2 heterocycles. The van der Waals surface area contributed by atoms with Gasteiger partial charge in [-0.25, -0.2) is 4.98 Å². The van der Waals surface area contributed by atoms with Gasteiger partial charge in [-0.1, -0.05) is 6.07 Å². The lowest BCUT2D eigenvalue weighted by Gasteiger charge is -2.05. The highest BCUT2D eigenvalue weighted by Gasteiger charge is 2.12. The number of Topliss-reactive ketones (excluding diaryl/α,β-unsaturated/α-hetero) is 1. The lowest BCUT2D eigenvalue weighted by Crippen LogP contribution is -2.04. The molecule has 17 heavy (non-hydrogen) atoms. The smallest absolute Gasteiger partial charge is 0.224 e. The van der Waals surface area contributed by atoms with Crippen molar-refractivity contribution in [3.63, 3.8) is 0 Å². The van der Waals surface area contributed by atoms with Crippen LogP contribution in [0.4, 0.5) is 0 Å². The number of hydrogen-bond acceptors (Lipinski definition) is 4. The lowest BCUT2D eigenvalue weighted by molar-refractivity contribution is 0.0979. The molecule has 0 radical (unpaired) electrons. The molecule has 0 unspecified atom stereocenters. The molecule has 0 N–H and O–H groups in total. The van der Waals surface area contributed by atoms with E-state index < -0.39 is 0 Å². The molecule has 2 rings (SSSR count). The Hall–Kier alpha value is -1.68. The molecule has 3 nitrogen and oxygen atoms in total. The van der Waals surface area contributed by atoms with Crippen LogP contribution in [0.3, 0.4) is 0 Å². The highest BCUT2D eigenvalue weighted by atomic mass is 32.1. The van der Waals surface area contributed by atoms with Crippen LogP contribution < -0.4 is 4.74 Å². The number of hydrogen-bond donors (Lipinski definition) is 0. The van der Waals surface area contributed by atoms with Crippen molar-refractivity contribution in [2.24, 2.45) is 0 Å². The molecule has 88 valence electrons. The quantitative estimate of drug-likeness (QED) is 0.762. The predicted molar refractivity (Wildman–Crippen MR) is 67.8 cm³/mol. The largest absolute Gasteiger partial charge is 0.480 e. The average Bonchev–Trinajstić information content (AvgIpc) is 2.89. The van der Waals surface area contributed by atoms with Crippen LogP contribution in [0, 0.1) is 0 Å². The third-order valence-corrected chi connectivity index (χ3v) is 3.38. The highest BCUT2D eigenvalue weighted by Crippen LogP contribution is 2.18. The fourth-order valence-corrected chi connectivity index (χ4v) is 2.30. The van der Waals surface area contributed by atoms with Gasteiger partial charge in [0, 0.05) is 17.5 Å². The van der Waals surface area contributed by atoms with E-state index in [1.165, 1.54) is 12.0 Å². The minimum atomic E-state index is 0.0725. The van der Waals surface area contributed by atoms with Crippen LogP contribution in [0.5, 0.6) is 5.88 Å². The van der Waals surface area contributed by atoms with Gasteiger partial charge in [-0.2, -0.15) is 0 Å². The minimum absolute atomic E-state index is 0.0725. The zero-order chi connectivity index (χ0) is 12.1. The maximum atomic E-state index is 12.0. The summed E-state index contributed by atoms with van der Waals surface area (Å²) in [5.74, 6) is 0.479. The second-order valence-electron chi connectivity index (χ2n) is 3.56. The second kappa shape index (κ2) is 5.59. The van der Waals surface area contributed by atoms with Crippen molar-refractivity contribution in [2.45, 2.75) is 12.8 Å². The molecule has 0 saturated heterocycles. The van der Waals surface area contributed by atoms with Gasteiger partial charge in [-0.15, -0.1) is 11.3 Å². The molecule has 2 aromatic rings. The third kappa shape index (κ3) is 2.91. The number of pyridine rings is 1. The van der Waals surface area contributed by atoms with Crippen LogP contribution in [0.25, 0.3) is 0 Å². The summed E-state index contributed by atoms with van der Waals surface area (Å²) in [6, 6.07) is 7.54. The average molecular weight is 247 g/mol. The molecule has 0 spiro atoms. The first kappa shape index (κ1) is 11.8. The summed E-state index contributed by atoms with van der Waals surface area (Å²) in [7, 11) is 1.53. The SMILES string of the molecule is COc1ncccc1C(=O)CCc1cccs1. The predicted octanol–water partition coefficient (Wildman–Crippen LogP) is 2.97. The van der Waals surface area contributed by atoms with E-state index in [0.29, 0.717) is 17.9 Å². The number of nitrogens with zero attached hydrogens (tertiary/aromatic N) is 1. The van der Waals surface area contributed by atoms with Gasteiger partial charge in [0.1, 0.15) is 0 Å². The minimum Gasteiger partial charge on any atom is -0.480 e. The third-order valence-electron chi connectivity index (χ3n) is 2.44. The molecular weight excluding hydrogens is 234 g/mol. The van der Waals surface area contributed by atoms with Crippen molar-refractivity contribution in [1.82, 2.24) is 4.98 Å². The summed E-state index contributed by atoms with van der Waals surface area (Å²) < 4.78 is 5.07. The van der Waals surface area contributed by atoms with Crippen LogP contribution >= 0.6 is 11.3 Å². The van der Waals surface area contributed by atoms with E-state index in [4.69, 9.17) is 4.74 Å². The van der Waals surface area contributed by atoms with E-state index in [1.807, 2.05) is 17.5 Å². The van der Waals surface area contributed by atoms with Gasteiger partial charge in [-0.05, 0) is 30.0 Å². The van der Waals surface area contributed by atoms with Gasteiger partial charge in [0.05, 0.1) is 12.7 Å². The molecule has 0 aliphatic heterocycles. The number of methoxy groups -OCH3 is 1. The number of ketones is 1. The first-order valence-electron chi connectivity index (χ1n) is 5.36. The van der Waals surface area contributed by atoms with Crippen molar-refractivity contribution in [2.75, 3.05) is 7.11 Å². The van der Waals surface area contributed by atoms with Gasteiger partial charge < -0.3 is 4.74 Å². The van der Waals surface area contributed by atoms with E-state index in [0.717, 1.165) is 6.42 Å². The lowest BCUT2D eigenvalue weighted by atomic mass is 10.1. The van der Waals surface area contributed by atoms with Crippen LogP contribution in [-0.2, 0) is 6.42 Å². The molecule has 2 aromatic heterocycles. The Balaban J connectivity index is 2.04.